The second kappa shape index (κ2) is 4.46. The number of rotatable bonds is 3. The third kappa shape index (κ3) is 1.99. The molecule has 0 aliphatic heterocycles. The Bertz CT molecular complexity index is 635. The summed E-state index contributed by atoms with van der Waals surface area (Å²) in [7, 11) is 0. The van der Waals surface area contributed by atoms with Gasteiger partial charge in [0.2, 0.25) is 0 Å². The number of benzene rings is 1. The summed E-state index contributed by atoms with van der Waals surface area (Å²) in [4.78, 5) is 11.2. The molecule has 19 heavy (non-hydrogen) atoms. The van der Waals surface area contributed by atoms with E-state index < -0.39 is 5.97 Å². The van der Waals surface area contributed by atoms with Crippen molar-refractivity contribution in [2.45, 2.75) is 25.2 Å². The van der Waals surface area contributed by atoms with Crippen LogP contribution in [-0.4, -0.2) is 26.1 Å². The van der Waals surface area contributed by atoms with E-state index in [0.29, 0.717) is 11.4 Å². The number of hydrogen-bond acceptors (Lipinski definition) is 3. The molecule has 0 radical (unpaired) electrons. The maximum absolute atomic E-state index is 13.3. The van der Waals surface area contributed by atoms with Gasteiger partial charge in [-0.15, -0.1) is 5.10 Å². The quantitative estimate of drug-likeness (QED) is 0.921. The Morgan fingerprint density at radius 3 is 2.79 bits per heavy atom. The first-order chi connectivity index (χ1) is 9.16. The van der Waals surface area contributed by atoms with Gasteiger partial charge in [0, 0.05) is 5.92 Å². The highest BCUT2D eigenvalue weighted by Gasteiger charge is 2.31. The molecule has 0 bridgehead atoms. The van der Waals surface area contributed by atoms with Crippen LogP contribution < -0.4 is 0 Å². The van der Waals surface area contributed by atoms with Crippen molar-refractivity contribution in [1.29, 1.82) is 0 Å². The second-order valence-corrected chi connectivity index (χ2v) is 4.65. The molecule has 0 atom stereocenters. The average molecular weight is 261 g/mol. The Morgan fingerprint density at radius 1 is 1.42 bits per heavy atom. The minimum absolute atomic E-state index is 0.0334. The van der Waals surface area contributed by atoms with Crippen molar-refractivity contribution in [3.05, 3.63) is 41.5 Å². The van der Waals surface area contributed by atoms with Crippen molar-refractivity contribution in [1.82, 2.24) is 15.0 Å². The Labute approximate surface area is 108 Å². The highest BCUT2D eigenvalue weighted by atomic mass is 19.1. The standard InChI is InChI=1S/C13H12FN3O2/c14-9-5-2-6-10(7-9)17-12(8-3-1-4-8)11(13(18)19)15-16-17/h2,5-8H,1,3-4H2,(H,18,19). The summed E-state index contributed by atoms with van der Waals surface area (Å²) in [5.41, 5.74) is 1.04. The van der Waals surface area contributed by atoms with E-state index in [0.717, 1.165) is 19.3 Å². The molecule has 1 N–H and O–H groups in total. The first-order valence-corrected chi connectivity index (χ1v) is 6.11. The molecule has 0 saturated heterocycles. The number of nitrogens with zero attached hydrogens (tertiary/aromatic N) is 3. The number of carboxylic acids is 1. The number of carbonyl (C=O) groups is 1. The lowest BCUT2D eigenvalue weighted by atomic mass is 9.82. The summed E-state index contributed by atoms with van der Waals surface area (Å²) in [6.45, 7) is 0. The molecule has 1 aliphatic rings. The van der Waals surface area contributed by atoms with Crippen LogP contribution in [0.15, 0.2) is 24.3 Å². The summed E-state index contributed by atoms with van der Waals surface area (Å²) < 4.78 is 14.7. The van der Waals surface area contributed by atoms with E-state index in [1.54, 1.807) is 12.1 Å². The molecule has 98 valence electrons. The van der Waals surface area contributed by atoms with Crippen LogP contribution in [-0.2, 0) is 0 Å². The molecule has 1 aliphatic carbocycles. The van der Waals surface area contributed by atoms with Crippen molar-refractivity contribution in [2.75, 3.05) is 0 Å². The topological polar surface area (TPSA) is 68.0 Å². The molecule has 1 aromatic carbocycles. The van der Waals surface area contributed by atoms with E-state index in [1.165, 1.54) is 16.8 Å². The molecule has 1 saturated carbocycles. The molecule has 5 nitrogen and oxygen atoms in total. The van der Waals surface area contributed by atoms with Crippen LogP contribution in [0.5, 0.6) is 0 Å². The minimum atomic E-state index is -1.09. The van der Waals surface area contributed by atoms with Gasteiger partial charge < -0.3 is 5.11 Å². The highest BCUT2D eigenvalue weighted by molar-refractivity contribution is 5.86. The average Bonchev–Trinajstić information content (AvgIpc) is 2.71. The number of halogens is 1. The Balaban J connectivity index is 2.13. The first-order valence-electron chi connectivity index (χ1n) is 6.11. The van der Waals surface area contributed by atoms with E-state index in [9.17, 15) is 9.18 Å². The molecule has 0 spiro atoms. The van der Waals surface area contributed by atoms with Gasteiger partial charge in [0.1, 0.15) is 5.82 Å². The molecule has 6 heteroatoms. The number of aromatic carboxylic acids is 1. The van der Waals surface area contributed by atoms with E-state index >= 15 is 0 Å². The van der Waals surface area contributed by atoms with Crippen LogP contribution in [0, 0.1) is 5.82 Å². The van der Waals surface area contributed by atoms with E-state index in [4.69, 9.17) is 5.11 Å². The third-order valence-corrected chi connectivity index (χ3v) is 3.45. The minimum Gasteiger partial charge on any atom is -0.476 e. The lowest BCUT2D eigenvalue weighted by molar-refractivity contribution is 0.0687. The zero-order valence-electron chi connectivity index (χ0n) is 10.1. The number of aromatic nitrogens is 3. The van der Waals surface area contributed by atoms with Crippen LogP contribution in [0.3, 0.4) is 0 Å². The molecule has 3 rings (SSSR count). The Kier molecular flexibility index (Phi) is 2.77. The fourth-order valence-corrected chi connectivity index (χ4v) is 2.29. The summed E-state index contributed by atoms with van der Waals surface area (Å²) in [5.74, 6) is -1.33. The van der Waals surface area contributed by atoms with E-state index in [-0.39, 0.29) is 17.4 Å². The number of carboxylic acid groups (broad SMARTS) is 1. The highest BCUT2D eigenvalue weighted by Crippen LogP contribution is 2.38. The second-order valence-electron chi connectivity index (χ2n) is 4.65. The van der Waals surface area contributed by atoms with Gasteiger partial charge in [0.25, 0.3) is 0 Å². The lowest BCUT2D eigenvalue weighted by Crippen LogP contribution is -2.17. The van der Waals surface area contributed by atoms with Crippen LogP contribution in [0.25, 0.3) is 5.69 Å². The summed E-state index contributed by atoms with van der Waals surface area (Å²) >= 11 is 0. The van der Waals surface area contributed by atoms with Gasteiger partial charge in [-0.05, 0) is 31.0 Å². The summed E-state index contributed by atoms with van der Waals surface area (Å²) in [6, 6.07) is 5.91. The zero-order valence-corrected chi connectivity index (χ0v) is 10.1. The Hall–Kier alpha value is -2.24. The fraction of sp³-hybridized carbons (Fsp3) is 0.308. The fourth-order valence-electron chi connectivity index (χ4n) is 2.29. The first kappa shape index (κ1) is 11.8. The monoisotopic (exact) mass is 261 g/mol. The van der Waals surface area contributed by atoms with E-state index in [2.05, 4.69) is 10.3 Å². The third-order valence-electron chi connectivity index (χ3n) is 3.45. The molecule has 1 heterocycles. The van der Waals surface area contributed by atoms with Crippen molar-refractivity contribution in [3.8, 4) is 5.69 Å². The largest absolute Gasteiger partial charge is 0.476 e. The molecule has 1 fully saturated rings. The smallest absolute Gasteiger partial charge is 0.358 e. The molecule has 0 amide bonds. The van der Waals surface area contributed by atoms with Gasteiger partial charge in [-0.1, -0.05) is 17.7 Å². The zero-order chi connectivity index (χ0) is 13.4. The normalized spacial score (nSPS) is 15.2. The Morgan fingerprint density at radius 2 is 2.21 bits per heavy atom. The SMILES string of the molecule is O=C(O)c1nnn(-c2cccc(F)c2)c1C1CCC1. The molecule has 1 aromatic heterocycles. The predicted octanol–water partition coefficient (Wildman–Crippen LogP) is 2.37. The molecule has 2 aromatic rings. The van der Waals surface area contributed by atoms with Gasteiger partial charge in [-0.2, -0.15) is 0 Å². The van der Waals surface area contributed by atoms with Gasteiger partial charge in [-0.3, -0.25) is 0 Å². The van der Waals surface area contributed by atoms with Gasteiger partial charge in [0.15, 0.2) is 5.69 Å². The van der Waals surface area contributed by atoms with Gasteiger partial charge in [0.05, 0.1) is 11.4 Å². The predicted molar refractivity (Wildman–Crippen MR) is 64.9 cm³/mol. The van der Waals surface area contributed by atoms with Crippen molar-refractivity contribution >= 4 is 5.97 Å². The molecular formula is C13H12FN3O2. The van der Waals surface area contributed by atoms with Crippen molar-refractivity contribution in [3.63, 3.8) is 0 Å². The molecule has 0 unspecified atom stereocenters. The van der Waals surface area contributed by atoms with Gasteiger partial charge in [-0.25, -0.2) is 13.9 Å². The van der Waals surface area contributed by atoms with Crippen LogP contribution in [0.4, 0.5) is 4.39 Å². The maximum Gasteiger partial charge on any atom is 0.358 e. The van der Waals surface area contributed by atoms with Crippen molar-refractivity contribution in [2.24, 2.45) is 0 Å². The number of hydrogen-bond donors (Lipinski definition) is 1. The summed E-state index contributed by atoms with van der Waals surface area (Å²) in [6.07, 6.45) is 2.91. The van der Waals surface area contributed by atoms with E-state index in [1.807, 2.05) is 0 Å². The molecular weight excluding hydrogens is 249 g/mol. The van der Waals surface area contributed by atoms with Crippen LogP contribution in [0.2, 0.25) is 0 Å². The van der Waals surface area contributed by atoms with Crippen LogP contribution >= 0.6 is 0 Å². The lowest BCUT2D eigenvalue weighted by Gasteiger charge is -2.26. The van der Waals surface area contributed by atoms with Gasteiger partial charge >= 0.3 is 5.97 Å². The maximum atomic E-state index is 13.3. The van der Waals surface area contributed by atoms with Crippen molar-refractivity contribution < 1.29 is 14.3 Å². The van der Waals surface area contributed by atoms with Crippen LogP contribution in [0.1, 0.15) is 41.4 Å². The summed E-state index contributed by atoms with van der Waals surface area (Å²) in [5, 5.41) is 16.7.